The quantitative estimate of drug-likeness (QED) is 0.502. The van der Waals surface area contributed by atoms with Crippen LogP contribution in [0.3, 0.4) is 0 Å². The third-order valence-electron chi connectivity index (χ3n) is 7.03. The predicted molar refractivity (Wildman–Crippen MR) is 129 cm³/mol. The lowest BCUT2D eigenvalue weighted by molar-refractivity contribution is -0.128. The average molecular weight is 489 g/mol. The van der Waals surface area contributed by atoms with Crippen molar-refractivity contribution in [2.75, 3.05) is 45.3 Å². The van der Waals surface area contributed by atoms with E-state index < -0.39 is 11.6 Å². The molecule has 9 heteroatoms. The van der Waals surface area contributed by atoms with Crippen molar-refractivity contribution in [3.05, 3.63) is 41.7 Å². The Labute approximate surface area is 205 Å². The Kier molecular flexibility index (Phi) is 8.03. The Bertz CT molecular complexity index is 987. The minimum absolute atomic E-state index is 0.168. The van der Waals surface area contributed by atoms with Gasteiger partial charge in [0.1, 0.15) is 17.4 Å². The van der Waals surface area contributed by atoms with Crippen LogP contribution in [0.4, 0.5) is 14.7 Å². The molecule has 2 fully saturated rings. The largest absolute Gasteiger partial charge is 0.493 e. The van der Waals surface area contributed by atoms with E-state index in [0.717, 1.165) is 38.3 Å². The summed E-state index contributed by atoms with van der Waals surface area (Å²) in [4.78, 5) is 24.2. The standard InChI is InChI=1S/C26H34F2N4O3/c1-4-34-20-15-29-26(30-16-20)32-8-5-17(6-9-32)21-11-18(21)7-10-35-19-12-23(27)22(24(28)13-19)14-25(33)31(2)3/h12-13,15-18,21H,4-11,14H2,1-3H3/t18-,21-/m1/s1. The summed E-state index contributed by atoms with van der Waals surface area (Å²) in [5, 5.41) is 0. The summed E-state index contributed by atoms with van der Waals surface area (Å²) in [5.41, 5.74) is -0.222. The van der Waals surface area contributed by atoms with E-state index in [-0.39, 0.29) is 23.6 Å². The molecule has 7 nitrogen and oxygen atoms in total. The highest BCUT2D eigenvalue weighted by Crippen LogP contribution is 2.49. The van der Waals surface area contributed by atoms with Gasteiger partial charge in [-0.25, -0.2) is 18.7 Å². The monoisotopic (exact) mass is 488 g/mol. The second-order valence-electron chi connectivity index (χ2n) is 9.60. The van der Waals surface area contributed by atoms with Crippen molar-refractivity contribution in [2.24, 2.45) is 17.8 Å². The number of anilines is 1. The van der Waals surface area contributed by atoms with Crippen LogP contribution in [0, 0.1) is 29.4 Å². The number of aromatic nitrogens is 2. The van der Waals surface area contributed by atoms with Crippen molar-refractivity contribution in [1.82, 2.24) is 14.9 Å². The maximum absolute atomic E-state index is 14.3. The summed E-state index contributed by atoms with van der Waals surface area (Å²) < 4.78 is 39.7. The molecule has 2 aromatic rings. The van der Waals surface area contributed by atoms with Crippen molar-refractivity contribution in [3.8, 4) is 11.5 Å². The molecular weight excluding hydrogens is 454 g/mol. The highest BCUT2D eigenvalue weighted by molar-refractivity contribution is 5.78. The zero-order chi connectivity index (χ0) is 24.9. The topological polar surface area (TPSA) is 67.8 Å². The minimum Gasteiger partial charge on any atom is -0.493 e. The summed E-state index contributed by atoms with van der Waals surface area (Å²) in [6.07, 6.45) is 7.42. The molecule has 1 aliphatic carbocycles. The Balaban J connectivity index is 1.19. The van der Waals surface area contributed by atoms with E-state index >= 15 is 0 Å². The summed E-state index contributed by atoms with van der Waals surface area (Å²) in [7, 11) is 3.11. The van der Waals surface area contributed by atoms with Crippen LogP contribution in [-0.2, 0) is 11.2 Å². The van der Waals surface area contributed by atoms with Crippen LogP contribution in [0.15, 0.2) is 24.5 Å². The third-order valence-corrected chi connectivity index (χ3v) is 7.03. The van der Waals surface area contributed by atoms with Gasteiger partial charge in [0, 0.05) is 44.9 Å². The number of amides is 1. The maximum atomic E-state index is 14.3. The number of hydrogen-bond acceptors (Lipinski definition) is 6. The van der Waals surface area contributed by atoms with Crippen LogP contribution >= 0.6 is 0 Å². The highest BCUT2D eigenvalue weighted by atomic mass is 19.1. The zero-order valence-electron chi connectivity index (χ0n) is 20.7. The van der Waals surface area contributed by atoms with Gasteiger partial charge in [-0.2, -0.15) is 0 Å². The van der Waals surface area contributed by atoms with Crippen molar-refractivity contribution in [3.63, 3.8) is 0 Å². The summed E-state index contributed by atoms with van der Waals surface area (Å²) in [6.45, 7) is 4.85. The number of halogens is 2. The number of nitrogens with zero attached hydrogens (tertiary/aromatic N) is 4. The normalized spacial score (nSPS) is 20.0. The molecule has 1 saturated heterocycles. The number of likely N-dealkylation sites (N-methyl/N-ethyl adjacent to an activating group) is 1. The number of ether oxygens (including phenoxy) is 2. The Morgan fingerprint density at radius 3 is 2.34 bits per heavy atom. The second-order valence-corrected chi connectivity index (χ2v) is 9.60. The van der Waals surface area contributed by atoms with E-state index in [1.165, 1.54) is 23.5 Å². The molecule has 2 atom stereocenters. The lowest BCUT2D eigenvalue weighted by Gasteiger charge is -2.32. The van der Waals surface area contributed by atoms with Crippen molar-refractivity contribution in [1.29, 1.82) is 0 Å². The number of piperidine rings is 1. The molecule has 2 aliphatic rings. The first-order chi connectivity index (χ1) is 16.9. The van der Waals surface area contributed by atoms with Gasteiger partial charge in [0.05, 0.1) is 32.0 Å². The molecule has 1 aromatic heterocycles. The van der Waals surface area contributed by atoms with Crippen LogP contribution in [0.1, 0.15) is 38.2 Å². The van der Waals surface area contributed by atoms with Crippen LogP contribution in [0.2, 0.25) is 0 Å². The van der Waals surface area contributed by atoms with Gasteiger partial charge in [0.2, 0.25) is 11.9 Å². The molecule has 0 N–H and O–H groups in total. The second kappa shape index (κ2) is 11.2. The van der Waals surface area contributed by atoms with Gasteiger partial charge in [-0.05, 0) is 50.4 Å². The van der Waals surface area contributed by atoms with E-state index in [4.69, 9.17) is 9.47 Å². The fourth-order valence-electron chi connectivity index (χ4n) is 4.89. The number of carbonyl (C=O) groups is 1. The molecule has 0 radical (unpaired) electrons. The fourth-order valence-corrected chi connectivity index (χ4v) is 4.89. The average Bonchev–Trinajstić information content (AvgIpc) is 3.61. The minimum atomic E-state index is -0.747. The molecule has 0 bridgehead atoms. The molecule has 4 rings (SSSR count). The van der Waals surface area contributed by atoms with Gasteiger partial charge in [-0.3, -0.25) is 4.79 Å². The molecule has 1 aliphatic heterocycles. The zero-order valence-corrected chi connectivity index (χ0v) is 20.7. The van der Waals surface area contributed by atoms with Gasteiger partial charge in [0.25, 0.3) is 0 Å². The first-order valence-corrected chi connectivity index (χ1v) is 12.4. The van der Waals surface area contributed by atoms with Crippen LogP contribution < -0.4 is 14.4 Å². The maximum Gasteiger partial charge on any atom is 0.226 e. The first kappa shape index (κ1) is 25.1. The van der Waals surface area contributed by atoms with Crippen LogP contribution in [0.5, 0.6) is 11.5 Å². The predicted octanol–water partition coefficient (Wildman–Crippen LogP) is 4.11. The lowest BCUT2D eigenvalue weighted by Crippen LogP contribution is -2.35. The molecule has 1 amide bonds. The van der Waals surface area contributed by atoms with E-state index in [1.807, 2.05) is 6.92 Å². The van der Waals surface area contributed by atoms with Crippen molar-refractivity contribution >= 4 is 11.9 Å². The molecule has 1 aromatic carbocycles. The smallest absolute Gasteiger partial charge is 0.226 e. The lowest BCUT2D eigenvalue weighted by atomic mass is 9.90. The van der Waals surface area contributed by atoms with Gasteiger partial charge in [-0.1, -0.05) is 0 Å². The molecule has 35 heavy (non-hydrogen) atoms. The fraction of sp³-hybridized carbons (Fsp3) is 0.577. The van der Waals surface area contributed by atoms with Gasteiger partial charge >= 0.3 is 0 Å². The Hall–Kier alpha value is -2.97. The highest BCUT2D eigenvalue weighted by Gasteiger charge is 2.43. The van der Waals surface area contributed by atoms with Gasteiger partial charge in [-0.15, -0.1) is 0 Å². The number of benzene rings is 1. The molecule has 190 valence electrons. The third kappa shape index (κ3) is 6.38. The number of hydrogen-bond donors (Lipinski definition) is 0. The van der Waals surface area contributed by atoms with E-state index in [1.54, 1.807) is 26.5 Å². The Morgan fingerprint density at radius 2 is 1.74 bits per heavy atom. The van der Waals surface area contributed by atoms with Crippen molar-refractivity contribution in [2.45, 2.75) is 39.0 Å². The van der Waals surface area contributed by atoms with Crippen LogP contribution in [-0.4, -0.2) is 61.2 Å². The van der Waals surface area contributed by atoms with Crippen LogP contribution in [0.25, 0.3) is 0 Å². The van der Waals surface area contributed by atoms with E-state index in [9.17, 15) is 13.6 Å². The molecular formula is C26H34F2N4O3. The summed E-state index contributed by atoms with van der Waals surface area (Å²) >= 11 is 0. The van der Waals surface area contributed by atoms with Crippen molar-refractivity contribution < 1.29 is 23.0 Å². The van der Waals surface area contributed by atoms with Gasteiger partial charge < -0.3 is 19.3 Å². The van der Waals surface area contributed by atoms with Gasteiger partial charge in [0.15, 0.2) is 5.75 Å². The molecule has 0 spiro atoms. The number of carbonyl (C=O) groups excluding carboxylic acids is 1. The number of rotatable bonds is 10. The molecule has 1 saturated carbocycles. The van der Waals surface area contributed by atoms with E-state index in [2.05, 4.69) is 14.9 Å². The summed E-state index contributed by atoms with van der Waals surface area (Å²) in [6, 6.07) is 2.34. The SMILES string of the molecule is CCOc1cnc(N2CCC([C@H]3C[C@H]3CCOc3cc(F)c(CC(=O)N(C)C)c(F)c3)CC2)nc1. The first-order valence-electron chi connectivity index (χ1n) is 12.4. The van der Waals surface area contributed by atoms with E-state index in [0.29, 0.717) is 36.7 Å². The molecule has 0 unspecified atom stereocenters. The summed E-state index contributed by atoms with van der Waals surface area (Å²) in [5.74, 6) is 1.73. The Morgan fingerprint density at radius 1 is 1.09 bits per heavy atom. The molecule has 2 heterocycles.